The van der Waals surface area contributed by atoms with E-state index in [9.17, 15) is 4.79 Å². The number of aliphatic imine (C=N–C) groups is 1. The fourth-order valence-corrected chi connectivity index (χ4v) is 1.80. The van der Waals surface area contributed by atoms with Gasteiger partial charge in [0.1, 0.15) is 5.70 Å². The lowest BCUT2D eigenvalue weighted by Crippen LogP contribution is -2.07. The van der Waals surface area contributed by atoms with Gasteiger partial charge in [0, 0.05) is 11.8 Å². The molecule has 0 aliphatic carbocycles. The minimum absolute atomic E-state index is 0.0390. The number of carbonyl (C=O) groups excluding carboxylic acids is 1. The Morgan fingerprint density at radius 1 is 1.17 bits per heavy atom. The predicted octanol–water partition coefficient (Wildman–Crippen LogP) is 4.26. The number of benzene rings is 1. The molecule has 96 valence electrons. The molecule has 0 bridgehead atoms. The second-order valence-electron chi connectivity index (χ2n) is 4.05. The molecule has 1 aromatic rings. The zero-order chi connectivity index (χ0) is 13.5. The van der Waals surface area contributed by atoms with Crippen LogP contribution in [-0.4, -0.2) is 12.0 Å². The molecule has 0 spiro atoms. The fourth-order valence-electron chi connectivity index (χ4n) is 1.80. The molecule has 0 amide bonds. The highest BCUT2D eigenvalue weighted by molar-refractivity contribution is 6.10. The van der Waals surface area contributed by atoms with Crippen molar-refractivity contribution in [2.24, 2.45) is 4.99 Å². The number of rotatable bonds is 2. The highest BCUT2D eigenvalue weighted by Crippen LogP contribution is 2.19. The van der Waals surface area contributed by atoms with Crippen LogP contribution in [0.15, 0.2) is 35.0 Å². The Morgan fingerprint density at radius 2 is 1.89 bits per heavy atom. The standard InChI is InChI=1S/C14H15NO.C2H6/c1-10-6-5-7-12(11(10)2)14(16)13-8-3-4-9-15-13;1-2/h5-9H,3-4H2,1-2H3;1-2H3. The van der Waals surface area contributed by atoms with Gasteiger partial charge in [-0.05, 0) is 37.8 Å². The maximum absolute atomic E-state index is 12.2. The first kappa shape index (κ1) is 14.4. The third kappa shape index (κ3) is 3.16. The molecule has 2 rings (SSSR count). The average Bonchev–Trinajstić information content (AvgIpc) is 2.44. The van der Waals surface area contributed by atoms with Crippen molar-refractivity contribution >= 4 is 12.0 Å². The van der Waals surface area contributed by atoms with Crippen molar-refractivity contribution in [2.75, 3.05) is 0 Å². The average molecular weight is 243 g/mol. The molecule has 1 aliphatic heterocycles. The summed E-state index contributed by atoms with van der Waals surface area (Å²) in [6.07, 6.45) is 5.58. The van der Waals surface area contributed by atoms with Gasteiger partial charge in [0.15, 0.2) is 0 Å². The van der Waals surface area contributed by atoms with Gasteiger partial charge >= 0.3 is 0 Å². The fraction of sp³-hybridized carbons (Fsp3) is 0.375. The minimum atomic E-state index is 0.0390. The van der Waals surface area contributed by atoms with Crippen LogP contribution in [0.1, 0.15) is 48.2 Å². The molecular weight excluding hydrogens is 222 g/mol. The van der Waals surface area contributed by atoms with E-state index in [0.29, 0.717) is 5.70 Å². The third-order valence-corrected chi connectivity index (χ3v) is 2.95. The summed E-state index contributed by atoms with van der Waals surface area (Å²) < 4.78 is 0. The van der Waals surface area contributed by atoms with E-state index in [-0.39, 0.29) is 5.78 Å². The smallest absolute Gasteiger partial charge is 0.211 e. The first-order chi connectivity index (χ1) is 8.70. The number of allylic oxidation sites excluding steroid dienone is 2. The van der Waals surface area contributed by atoms with Crippen molar-refractivity contribution in [3.8, 4) is 0 Å². The molecule has 1 aromatic carbocycles. The van der Waals surface area contributed by atoms with E-state index in [0.717, 1.165) is 29.5 Å². The number of Topliss-reactive ketones (excluding diaryl/α,β-unsaturated/α-hetero) is 1. The monoisotopic (exact) mass is 243 g/mol. The molecule has 0 saturated heterocycles. The summed E-state index contributed by atoms with van der Waals surface area (Å²) >= 11 is 0. The van der Waals surface area contributed by atoms with Crippen LogP contribution in [0.25, 0.3) is 0 Å². The van der Waals surface area contributed by atoms with Crippen LogP contribution in [-0.2, 0) is 0 Å². The number of hydrogen-bond acceptors (Lipinski definition) is 2. The molecule has 0 atom stereocenters. The van der Waals surface area contributed by atoms with E-state index in [2.05, 4.69) is 4.99 Å². The van der Waals surface area contributed by atoms with Crippen molar-refractivity contribution in [3.05, 3.63) is 46.7 Å². The number of nitrogens with zero attached hydrogens (tertiary/aromatic N) is 1. The van der Waals surface area contributed by atoms with Crippen LogP contribution < -0.4 is 0 Å². The Hall–Kier alpha value is -1.70. The van der Waals surface area contributed by atoms with Crippen LogP contribution in [0.5, 0.6) is 0 Å². The van der Waals surface area contributed by atoms with Crippen LogP contribution in [0.3, 0.4) is 0 Å². The molecule has 0 radical (unpaired) electrons. The zero-order valence-electron chi connectivity index (χ0n) is 11.7. The van der Waals surface area contributed by atoms with E-state index in [1.807, 2.05) is 58.2 Å². The topological polar surface area (TPSA) is 29.4 Å². The van der Waals surface area contributed by atoms with Gasteiger partial charge in [-0.2, -0.15) is 0 Å². The first-order valence-corrected chi connectivity index (χ1v) is 6.54. The van der Waals surface area contributed by atoms with Crippen LogP contribution in [0.2, 0.25) is 0 Å². The maximum atomic E-state index is 12.2. The summed E-state index contributed by atoms with van der Waals surface area (Å²) in [7, 11) is 0. The molecule has 0 unspecified atom stereocenters. The highest BCUT2D eigenvalue weighted by atomic mass is 16.1. The summed E-state index contributed by atoms with van der Waals surface area (Å²) in [5.41, 5.74) is 3.55. The van der Waals surface area contributed by atoms with Crippen LogP contribution in [0.4, 0.5) is 0 Å². The predicted molar refractivity (Wildman–Crippen MR) is 77.4 cm³/mol. The molecular formula is C16H21NO. The number of ketones is 1. The lowest BCUT2D eigenvalue weighted by atomic mass is 9.98. The quantitative estimate of drug-likeness (QED) is 0.713. The Kier molecular flexibility index (Phi) is 5.50. The third-order valence-electron chi connectivity index (χ3n) is 2.95. The Bertz CT molecular complexity index is 484. The van der Waals surface area contributed by atoms with Crippen molar-refractivity contribution < 1.29 is 4.79 Å². The van der Waals surface area contributed by atoms with Gasteiger partial charge in [-0.25, -0.2) is 0 Å². The van der Waals surface area contributed by atoms with E-state index >= 15 is 0 Å². The summed E-state index contributed by atoms with van der Waals surface area (Å²) in [5, 5.41) is 0. The van der Waals surface area contributed by atoms with Crippen LogP contribution >= 0.6 is 0 Å². The summed E-state index contributed by atoms with van der Waals surface area (Å²) in [5.74, 6) is 0.0390. The molecule has 0 saturated carbocycles. The number of aryl methyl sites for hydroxylation is 1. The molecule has 0 aromatic heterocycles. The SMILES string of the molecule is CC.Cc1cccc(C(=O)C2=CCCC=N2)c1C. The minimum Gasteiger partial charge on any atom is -0.287 e. The molecule has 0 N–H and O–H groups in total. The van der Waals surface area contributed by atoms with Gasteiger partial charge in [-0.1, -0.05) is 38.1 Å². The van der Waals surface area contributed by atoms with E-state index in [4.69, 9.17) is 0 Å². The van der Waals surface area contributed by atoms with E-state index in [1.165, 1.54) is 0 Å². The molecule has 1 aliphatic rings. The summed E-state index contributed by atoms with van der Waals surface area (Å²) in [6, 6.07) is 5.81. The molecule has 18 heavy (non-hydrogen) atoms. The molecule has 2 nitrogen and oxygen atoms in total. The first-order valence-electron chi connectivity index (χ1n) is 6.54. The highest BCUT2D eigenvalue weighted by Gasteiger charge is 2.15. The number of carbonyl (C=O) groups is 1. The molecule has 1 heterocycles. The van der Waals surface area contributed by atoms with E-state index < -0.39 is 0 Å². The van der Waals surface area contributed by atoms with Gasteiger partial charge < -0.3 is 0 Å². The Labute approximate surface area is 109 Å². The zero-order valence-corrected chi connectivity index (χ0v) is 11.7. The van der Waals surface area contributed by atoms with Crippen molar-refractivity contribution in [1.82, 2.24) is 0 Å². The Balaban J connectivity index is 0.000000771. The maximum Gasteiger partial charge on any atom is 0.211 e. The second kappa shape index (κ2) is 6.90. The van der Waals surface area contributed by atoms with Gasteiger partial charge in [0.05, 0.1) is 0 Å². The van der Waals surface area contributed by atoms with Crippen molar-refractivity contribution in [1.29, 1.82) is 0 Å². The van der Waals surface area contributed by atoms with Gasteiger partial charge in [-0.3, -0.25) is 9.79 Å². The second-order valence-corrected chi connectivity index (χ2v) is 4.05. The summed E-state index contributed by atoms with van der Waals surface area (Å²) in [4.78, 5) is 16.4. The van der Waals surface area contributed by atoms with Crippen molar-refractivity contribution in [3.63, 3.8) is 0 Å². The molecule has 2 heteroatoms. The van der Waals surface area contributed by atoms with Gasteiger partial charge in [0.2, 0.25) is 5.78 Å². The lowest BCUT2D eigenvalue weighted by Gasteiger charge is -2.09. The van der Waals surface area contributed by atoms with Crippen molar-refractivity contribution in [2.45, 2.75) is 40.5 Å². The normalized spacial score (nSPS) is 13.4. The van der Waals surface area contributed by atoms with Gasteiger partial charge in [0.25, 0.3) is 0 Å². The van der Waals surface area contributed by atoms with E-state index in [1.54, 1.807) is 0 Å². The Morgan fingerprint density at radius 3 is 2.50 bits per heavy atom. The molecule has 0 fully saturated rings. The number of hydrogen-bond donors (Lipinski definition) is 0. The lowest BCUT2D eigenvalue weighted by molar-refractivity contribution is 0.103. The summed E-state index contributed by atoms with van der Waals surface area (Å²) in [6.45, 7) is 8.00. The largest absolute Gasteiger partial charge is 0.287 e. The van der Waals surface area contributed by atoms with Crippen LogP contribution in [0, 0.1) is 13.8 Å². The van der Waals surface area contributed by atoms with Gasteiger partial charge in [-0.15, -0.1) is 0 Å².